The lowest BCUT2D eigenvalue weighted by atomic mass is 10.1. The molecule has 2 aliphatic rings. The van der Waals surface area contributed by atoms with E-state index in [0.29, 0.717) is 18.0 Å². The number of carbonyl (C=O) groups is 2. The first-order chi connectivity index (χ1) is 9.90. The summed E-state index contributed by atoms with van der Waals surface area (Å²) in [6, 6.07) is 3.76. The van der Waals surface area contributed by atoms with E-state index in [1.54, 1.807) is 11.0 Å². The number of thiocarbonyl (C=S) groups is 1. The maximum absolute atomic E-state index is 11.4. The van der Waals surface area contributed by atoms with E-state index in [2.05, 4.69) is 0 Å². The third kappa shape index (κ3) is 1.99. The molecule has 0 bridgehead atoms. The zero-order valence-electron chi connectivity index (χ0n) is 11.1. The van der Waals surface area contributed by atoms with Gasteiger partial charge in [0.15, 0.2) is 5.11 Å². The number of fused-ring (bicyclic) bond motifs is 3. The standard InChI is InChI=1S/C13H13N3O4S/c1-6-9-5-15(12(14)19)13(21)16(9)8-4-7(11(17)18)2-3-10(8)20-6/h2-4,6,9H,5H2,1H3,(H2,14,19)(H,17,18). The molecule has 8 heteroatoms. The van der Waals surface area contributed by atoms with Crippen molar-refractivity contribution in [3.63, 3.8) is 0 Å². The average molecular weight is 307 g/mol. The molecule has 3 N–H and O–H groups in total. The fraction of sp³-hybridized carbons (Fsp3) is 0.308. The lowest BCUT2D eigenvalue weighted by molar-refractivity contribution is 0.0696. The van der Waals surface area contributed by atoms with E-state index in [1.807, 2.05) is 6.92 Å². The minimum atomic E-state index is -1.04. The minimum absolute atomic E-state index is 0.131. The van der Waals surface area contributed by atoms with Gasteiger partial charge in [-0.3, -0.25) is 4.90 Å². The predicted octanol–water partition coefficient (Wildman–Crippen LogP) is 1.02. The number of amides is 2. The van der Waals surface area contributed by atoms with Gasteiger partial charge in [-0.2, -0.15) is 0 Å². The number of urea groups is 1. The third-order valence-corrected chi connectivity index (χ3v) is 4.14. The van der Waals surface area contributed by atoms with Crippen LogP contribution in [-0.4, -0.2) is 45.8 Å². The highest BCUT2D eigenvalue weighted by Crippen LogP contribution is 2.40. The summed E-state index contributed by atoms with van der Waals surface area (Å²) in [6.07, 6.45) is -0.199. The molecular weight excluding hydrogens is 294 g/mol. The van der Waals surface area contributed by atoms with Gasteiger partial charge < -0.3 is 20.5 Å². The summed E-state index contributed by atoms with van der Waals surface area (Å²) in [5, 5.41) is 9.38. The smallest absolute Gasteiger partial charge is 0.335 e. The van der Waals surface area contributed by atoms with Gasteiger partial charge in [-0.1, -0.05) is 0 Å². The molecule has 1 saturated heterocycles. The van der Waals surface area contributed by atoms with Crippen molar-refractivity contribution in [1.82, 2.24) is 4.90 Å². The lowest BCUT2D eigenvalue weighted by Gasteiger charge is -2.36. The van der Waals surface area contributed by atoms with Gasteiger partial charge in [-0.25, -0.2) is 9.59 Å². The van der Waals surface area contributed by atoms with E-state index in [9.17, 15) is 9.59 Å². The number of carbonyl (C=O) groups excluding carboxylic acids is 1. The highest BCUT2D eigenvalue weighted by molar-refractivity contribution is 7.80. The van der Waals surface area contributed by atoms with Crippen LogP contribution < -0.4 is 15.4 Å². The number of carboxylic acids is 1. The topological polar surface area (TPSA) is 96.1 Å². The van der Waals surface area contributed by atoms with Crippen molar-refractivity contribution in [2.45, 2.75) is 19.1 Å². The number of carboxylic acid groups (broad SMARTS) is 1. The first kappa shape index (κ1) is 13.6. The minimum Gasteiger partial charge on any atom is -0.486 e. The van der Waals surface area contributed by atoms with Gasteiger partial charge in [0.25, 0.3) is 0 Å². The highest BCUT2D eigenvalue weighted by atomic mass is 32.1. The van der Waals surface area contributed by atoms with Crippen molar-refractivity contribution in [3.8, 4) is 5.75 Å². The van der Waals surface area contributed by atoms with Crippen LogP contribution in [0.15, 0.2) is 18.2 Å². The van der Waals surface area contributed by atoms with Gasteiger partial charge in [-0.15, -0.1) is 0 Å². The molecule has 0 spiro atoms. The van der Waals surface area contributed by atoms with Crippen LogP contribution in [0, 0.1) is 0 Å². The Kier molecular flexibility index (Phi) is 2.98. The molecule has 2 amide bonds. The molecular formula is C13H13N3O4S. The predicted molar refractivity (Wildman–Crippen MR) is 78.6 cm³/mol. The van der Waals surface area contributed by atoms with E-state index in [1.165, 1.54) is 17.0 Å². The van der Waals surface area contributed by atoms with Crippen LogP contribution >= 0.6 is 12.2 Å². The molecule has 2 aliphatic heterocycles. The molecule has 0 aromatic heterocycles. The van der Waals surface area contributed by atoms with Gasteiger partial charge in [0.05, 0.1) is 23.8 Å². The summed E-state index contributed by atoms with van der Waals surface area (Å²) in [5.74, 6) is -0.498. The van der Waals surface area contributed by atoms with Crippen molar-refractivity contribution >= 4 is 35.0 Å². The lowest BCUT2D eigenvalue weighted by Crippen LogP contribution is -2.47. The number of hydrogen-bond donors (Lipinski definition) is 2. The Morgan fingerprint density at radius 1 is 1.48 bits per heavy atom. The van der Waals surface area contributed by atoms with Crippen LogP contribution in [0.5, 0.6) is 5.75 Å². The Balaban J connectivity index is 2.09. The van der Waals surface area contributed by atoms with Crippen molar-refractivity contribution in [2.24, 2.45) is 5.73 Å². The summed E-state index contributed by atoms with van der Waals surface area (Å²) in [5.41, 5.74) is 6.00. The molecule has 2 heterocycles. The second-order valence-electron chi connectivity index (χ2n) is 4.98. The zero-order valence-corrected chi connectivity index (χ0v) is 12.0. The van der Waals surface area contributed by atoms with E-state index < -0.39 is 12.0 Å². The second kappa shape index (κ2) is 4.59. The number of nitrogens with zero attached hydrogens (tertiary/aromatic N) is 2. The molecule has 2 atom stereocenters. The molecule has 1 aromatic rings. The van der Waals surface area contributed by atoms with Crippen LogP contribution in [-0.2, 0) is 0 Å². The number of aromatic carboxylic acids is 1. The first-order valence-electron chi connectivity index (χ1n) is 6.34. The fourth-order valence-corrected chi connectivity index (χ4v) is 3.06. The van der Waals surface area contributed by atoms with Crippen molar-refractivity contribution in [2.75, 3.05) is 11.4 Å². The van der Waals surface area contributed by atoms with Crippen molar-refractivity contribution < 1.29 is 19.4 Å². The molecule has 0 saturated carbocycles. The number of nitrogens with two attached hydrogens (primary N) is 1. The van der Waals surface area contributed by atoms with E-state index in [0.717, 1.165) is 0 Å². The summed E-state index contributed by atoms with van der Waals surface area (Å²) >= 11 is 5.30. The summed E-state index contributed by atoms with van der Waals surface area (Å²) < 4.78 is 5.78. The van der Waals surface area contributed by atoms with E-state index in [-0.39, 0.29) is 22.8 Å². The molecule has 21 heavy (non-hydrogen) atoms. The monoisotopic (exact) mass is 307 g/mol. The molecule has 3 rings (SSSR count). The zero-order chi connectivity index (χ0) is 15.3. The normalized spacial score (nSPS) is 23.4. The van der Waals surface area contributed by atoms with Gasteiger partial charge in [0, 0.05) is 0 Å². The van der Waals surface area contributed by atoms with Gasteiger partial charge >= 0.3 is 12.0 Å². The quantitative estimate of drug-likeness (QED) is 0.752. The summed E-state index contributed by atoms with van der Waals surface area (Å²) in [7, 11) is 0. The van der Waals surface area contributed by atoms with Crippen LogP contribution in [0.4, 0.5) is 10.5 Å². The number of primary amides is 1. The summed E-state index contributed by atoms with van der Waals surface area (Å²) in [4.78, 5) is 25.6. The Morgan fingerprint density at radius 3 is 2.81 bits per heavy atom. The maximum Gasteiger partial charge on any atom is 0.335 e. The Morgan fingerprint density at radius 2 is 2.19 bits per heavy atom. The third-order valence-electron chi connectivity index (χ3n) is 3.72. The first-order valence-corrected chi connectivity index (χ1v) is 6.75. The molecule has 0 aliphatic carbocycles. The van der Waals surface area contributed by atoms with Gasteiger partial charge in [0.1, 0.15) is 11.9 Å². The Bertz CT molecular complexity index is 663. The SMILES string of the molecule is CC1Oc2ccc(C(=O)O)cc2N2C(=S)N(C(N)=O)CC12. The van der Waals surface area contributed by atoms with Gasteiger partial charge in [-0.05, 0) is 37.3 Å². The molecule has 2 unspecified atom stereocenters. The highest BCUT2D eigenvalue weighted by Gasteiger charge is 2.45. The maximum atomic E-state index is 11.4. The molecule has 110 valence electrons. The van der Waals surface area contributed by atoms with Gasteiger partial charge in [0.2, 0.25) is 0 Å². The van der Waals surface area contributed by atoms with Crippen LogP contribution in [0.1, 0.15) is 17.3 Å². The second-order valence-corrected chi connectivity index (χ2v) is 5.34. The molecule has 7 nitrogen and oxygen atoms in total. The average Bonchev–Trinajstić information content (AvgIpc) is 2.77. The number of ether oxygens (including phenoxy) is 1. The fourth-order valence-electron chi connectivity index (χ4n) is 2.66. The Hall–Kier alpha value is -2.35. The van der Waals surface area contributed by atoms with Crippen molar-refractivity contribution in [3.05, 3.63) is 23.8 Å². The largest absolute Gasteiger partial charge is 0.486 e. The van der Waals surface area contributed by atoms with Crippen LogP contribution in [0.25, 0.3) is 0 Å². The number of rotatable bonds is 1. The summed E-state index contributed by atoms with van der Waals surface area (Å²) in [6.45, 7) is 2.20. The van der Waals surface area contributed by atoms with Crippen LogP contribution in [0.3, 0.4) is 0 Å². The van der Waals surface area contributed by atoms with E-state index in [4.69, 9.17) is 27.8 Å². The van der Waals surface area contributed by atoms with Crippen LogP contribution in [0.2, 0.25) is 0 Å². The molecule has 1 aromatic carbocycles. The Labute approximate surface area is 125 Å². The number of hydrogen-bond acceptors (Lipinski definition) is 4. The molecule has 0 radical (unpaired) electrons. The van der Waals surface area contributed by atoms with E-state index >= 15 is 0 Å². The molecule has 1 fully saturated rings. The number of benzene rings is 1. The number of anilines is 1. The van der Waals surface area contributed by atoms with Crippen molar-refractivity contribution in [1.29, 1.82) is 0 Å².